The number of hydrogen-bond donors (Lipinski definition) is 1. The van der Waals surface area contributed by atoms with Crippen molar-refractivity contribution in [3.63, 3.8) is 0 Å². The van der Waals surface area contributed by atoms with Crippen LogP contribution in [0.1, 0.15) is 36.2 Å². The summed E-state index contributed by atoms with van der Waals surface area (Å²) in [5.74, 6) is -0.583. The second kappa shape index (κ2) is 9.88. The van der Waals surface area contributed by atoms with Gasteiger partial charge in [-0.15, -0.1) is 0 Å². The number of hydrogen-bond acceptors (Lipinski definition) is 6. The maximum atomic E-state index is 12.1. The highest BCUT2D eigenvalue weighted by Gasteiger charge is 2.18. The van der Waals surface area contributed by atoms with Crippen LogP contribution >= 0.6 is 0 Å². The lowest BCUT2D eigenvalue weighted by Crippen LogP contribution is -2.30. The van der Waals surface area contributed by atoms with Gasteiger partial charge >= 0.3 is 5.97 Å². The molecule has 1 N–H and O–H groups in total. The van der Waals surface area contributed by atoms with E-state index in [0.717, 1.165) is 0 Å². The van der Waals surface area contributed by atoms with Gasteiger partial charge in [0.25, 0.3) is 5.91 Å². The topological polar surface area (TPSA) is 105 Å². The van der Waals surface area contributed by atoms with Gasteiger partial charge in [0.2, 0.25) is 0 Å². The molecule has 0 fully saturated rings. The first-order chi connectivity index (χ1) is 13.4. The molecule has 2 aromatic carbocycles. The monoisotopic (exact) mass is 380 g/mol. The van der Waals surface area contributed by atoms with E-state index in [1.165, 1.54) is 19.9 Å². The van der Waals surface area contributed by atoms with Crippen LogP contribution in [0.25, 0.3) is 0 Å². The van der Waals surface area contributed by atoms with Crippen molar-refractivity contribution in [2.75, 3.05) is 11.9 Å². The van der Waals surface area contributed by atoms with E-state index >= 15 is 0 Å². The summed E-state index contributed by atoms with van der Waals surface area (Å²) >= 11 is 0. The number of esters is 1. The number of Topliss-reactive ketones (excluding diaryl/α,β-unsaturated/α-hetero) is 1. The SMILES string of the molecule is CC(=O)c1ccc(OCCC(=O)OC(C)C(=O)Nc2cccc(C#N)c2)cc1. The molecule has 0 bridgehead atoms. The zero-order valence-corrected chi connectivity index (χ0v) is 15.6. The summed E-state index contributed by atoms with van der Waals surface area (Å²) in [4.78, 5) is 35.2. The van der Waals surface area contributed by atoms with Gasteiger partial charge in [0.1, 0.15) is 5.75 Å². The molecule has 2 rings (SSSR count). The Morgan fingerprint density at radius 3 is 2.50 bits per heavy atom. The van der Waals surface area contributed by atoms with Crippen LogP contribution in [0.15, 0.2) is 48.5 Å². The minimum atomic E-state index is -0.993. The molecule has 0 aliphatic heterocycles. The van der Waals surface area contributed by atoms with Crippen molar-refractivity contribution in [2.24, 2.45) is 0 Å². The van der Waals surface area contributed by atoms with Crippen LogP contribution < -0.4 is 10.1 Å². The lowest BCUT2D eigenvalue weighted by molar-refractivity contribution is -0.153. The molecule has 0 aromatic heterocycles. The standard InChI is InChI=1S/C21H20N2O5/c1-14(24)17-6-8-19(9-7-17)27-11-10-20(25)28-15(2)21(26)23-18-5-3-4-16(12-18)13-22/h3-9,12,15H,10-11H2,1-2H3,(H,23,26). The average molecular weight is 380 g/mol. The molecule has 0 aliphatic rings. The normalized spacial score (nSPS) is 11.0. The number of benzene rings is 2. The van der Waals surface area contributed by atoms with E-state index in [4.69, 9.17) is 14.7 Å². The largest absolute Gasteiger partial charge is 0.493 e. The van der Waals surface area contributed by atoms with Crippen LogP contribution in [0.5, 0.6) is 5.75 Å². The number of anilines is 1. The molecule has 0 aliphatic carbocycles. The van der Waals surface area contributed by atoms with Crippen LogP contribution in [0.3, 0.4) is 0 Å². The molecule has 0 saturated heterocycles. The van der Waals surface area contributed by atoms with Crippen LogP contribution in [-0.2, 0) is 14.3 Å². The smallest absolute Gasteiger partial charge is 0.310 e. The molecule has 28 heavy (non-hydrogen) atoms. The summed E-state index contributed by atoms with van der Waals surface area (Å²) < 4.78 is 10.5. The fraction of sp³-hybridized carbons (Fsp3) is 0.238. The van der Waals surface area contributed by atoms with Crippen LogP contribution in [-0.4, -0.2) is 30.4 Å². The first-order valence-corrected chi connectivity index (χ1v) is 8.63. The number of carbonyl (C=O) groups is 3. The van der Waals surface area contributed by atoms with Gasteiger partial charge < -0.3 is 14.8 Å². The quantitative estimate of drug-likeness (QED) is 0.557. The Hall–Kier alpha value is -3.66. The van der Waals surface area contributed by atoms with Gasteiger partial charge in [-0.25, -0.2) is 0 Å². The van der Waals surface area contributed by atoms with Gasteiger partial charge in [0.15, 0.2) is 11.9 Å². The number of amides is 1. The molecule has 0 saturated carbocycles. The lowest BCUT2D eigenvalue weighted by atomic mass is 10.1. The summed E-state index contributed by atoms with van der Waals surface area (Å²) in [5.41, 5.74) is 1.44. The Kier molecular flexibility index (Phi) is 7.28. The second-order valence-corrected chi connectivity index (χ2v) is 5.99. The zero-order valence-electron chi connectivity index (χ0n) is 15.6. The first-order valence-electron chi connectivity index (χ1n) is 8.63. The van der Waals surface area contributed by atoms with Crippen molar-refractivity contribution < 1.29 is 23.9 Å². The van der Waals surface area contributed by atoms with Crippen molar-refractivity contribution in [3.05, 3.63) is 59.7 Å². The summed E-state index contributed by atoms with van der Waals surface area (Å²) in [6.07, 6.45) is -1.02. The van der Waals surface area contributed by atoms with E-state index in [0.29, 0.717) is 22.6 Å². The molecular formula is C21H20N2O5. The fourth-order valence-electron chi connectivity index (χ4n) is 2.26. The Morgan fingerprint density at radius 1 is 1.14 bits per heavy atom. The number of nitrogens with one attached hydrogen (secondary N) is 1. The lowest BCUT2D eigenvalue weighted by Gasteiger charge is -2.14. The molecule has 0 heterocycles. The van der Waals surface area contributed by atoms with Gasteiger partial charge in [0.05, 0.1) is 24.7 Å². The van der Waals surface area contributed by atoms with Gasteiger partial charge in [-0.3, -0.25) is 14.4 Å². The van der Waals surface area contributed by atoms with E-state index < -0.39 is 18.0 Å². The van der Waals surface area contributed by atoms with E-state index in [9.17, 15) is 14.4 Å². The predicted molar refractivity (Wildman–Crippen MR) is 102 cm³/mol. The number of rotatable bonds is 8. The third-order valence-corrected chi connectivity index (χ3v) is 3.77. The molecule has 7 heteroatoms. The summed E-state index contributed by atoms with van der Waals surface area (Å²) in [7, 11) is 0. The summed E-state index contributed by atoms with van der Waals surface area (Å²) in [5, 5.41) is 11.5. The minimum Gasteiger partial charge on any atom is -0.493 e. The van der Waals surface area contributed by atoms with Crippen LogP contribution in [0.4, 0.5) is 5.69 Å². The highest BCUT2D eigenvalue weighted by Crippen LogP contribution is 2.13. The molecule has 2 aromatic rings. The number of ketones is 1. The first kappa shape index (κ1) is 20.6. The third-order valence-electron chi connectivity index (χ3n) is 3.77. The Balaban J connectivity index is 1.76. The number of nitrogens with zero attached hydrogens (tertiary/aromatic N) is 1. The average Bonchev–Trinajstić information content (AvgIpc) is 2.68. The maximum Gasteiger partial charge on any atom is 0.310 e. The summed E-state index contributed by atoms with van der Waals surface area (Å²) in [6.45, 7) is 3.02. The number of ether oxygens (including phenoxy) is 2. The van der Waals surface area contributed by atoms with Crippen LogP contribution in [0, 0.1) is 11.3 Å². The maximum absolute atomic E-state index is 12.1. The molecule has 1 unspecified atom stereocenters. The van der Waals surface area contributed by atoms with Gasteiger partial charge in [-0.1, -0.05) is 6.07 Å². The molecular weight excluding hydrogens is 360 g/mol. The van der Waals surface area contributed by atoms with E-state index in [-0.39, 0.29) is 18.8 Å². The summed E-state index contributed by atoms with van der Waals surface area (Å²) in [6, 6.07) is 15.0. The predicted octanol–water partition coefficient (Wildman–Crippen LogP) is 3.10. The van der Waals surface area contributed by atoms with Gasteiger partial charge in [0, 0.05) is 11.3 Å². The van der Waals surface area contributed by atoms with Crippen molar-refractivity contribution in [2.45, 2.75) is 26.4 Å². The van der Waals surface area contributed by atoms with Gasteiger partial charge in [-0.2, -0.15) is 5.26 Å². The molecule has 7 nitrogen and oxygen atoms in total. The molecule has 0 spiro atoms. The highest BCUT2D eigenvalue weighted by molar-refractivity contribution is 5.95. The Morgan fingerprint density at radius 2 is 1.86 bits per heavy atom. The molecule has 1 atom stereocenters. The highest BCUT2D eigenvalue weighted by atomic mass is 16.5. The van der Waals surface area contributed by atoms with E-state index in [1.54, 1.807) is 42.5 Å². The number of nitriles is 1. The Labute approximate surface area is 162 Å². The third kappa shape index (κ3) is 6.25. The van der Waals surface area contributed by atoms with Crippen LogP contribution in [0.2, 0.25) is 0 Å². The van der Waals surface area contributed by atoms with Crippen molar-refractivity contribution >= 4 is 23.3 Å². The molecule has 1 amide bonds. The van der Waals surface area contributed by atoms with E-state index in [1.807, 2.05) is 6.07 Å². The van der Waals surface area contributed by atoms with Crippen molar-refractivity contribution in [1.82, 2.24) is 0 Å². The molecule has 144 valence electrons. The zero-order chi connectivity index (χ0) is 20.5. The van der Waals surface area contributed by atoms with Crippen molar-refractivity contribution in [1.29, 1.82) is 5.26 Å². The Bertz CT molecular complexity index is 900. The molecule has 0 radical (unpaired) electrons. The van der Waals surface area contributed by atoms with E-state index in [2.05, 4.69) is 5.32 Å². The van der Waals surface area contributed by atoms with Gasteiger partial charge in [-0.05, 0) is 56.3 Å². The fourth-order valence-corrected chi connectivity index (χ4v) is 2.26. The van der Waals surface area contributed by atoms with Crippen molar-refractivity contribution in [3.8, 4) is 11.8 Å². The minimum absolute atomic E-state index is 0.0317. The number of carbonyl (C=O) groups excluding carboxylic acids is 3. The second-order valence-electron chi connectivity index (χ2n) is 5.99.